The topological polar surface area (TPSA) is 42.0 Å². The summed E-state index contributed by atoms with van der Waals surface area (Å²) in [6, 6.07) is 19.4. The Balaban J connectivity index is 1.90. The first-order valence-corrected chi connectivity index (χ1v) is 11.1. The van der Waals surface area contributed by atoms with Crippen LogP contribution in [0.4, 0.5) is 22.0 Å². The SMILES string of the molecule is O=C(NC(Cc1ccccc1)(c1cccc(F)c1)c1ccc(Cl)cn1)c1ccc(F)c(C(F)(F)F)c1. The molecule has 1 aromatic heterocycles. The molecule has 0 radical (unpaired) electrons. The third-order valence-corrected chi connectivity index (χ3v) is 5.88. The lowest BCUT2D eigenvalue weighted by Gasteiger charge is -2.35. The van der Waals surface area contributed by atoms with Crippen LogP contribution >= 0.6 is 11.6 Å². The lowest BCUT2D eigenvalue weighted by molar-refractivity contribution is -0.140. The van der Waals surface area contributed by atoms with Gasteiger partial charge in [-0.3, -0.25) is 9.78 Å². The molecule has 1 atom stereocenters. The molecule has 0 aliphatic rings. The van der Waals surface area contributed by atoms with Crippen molar-refractivity contribution in [2.75, 3.05) is 0 Å². The Labute approximate surface area is 208 Å². The Hall–Kier alpha value is -3.78. The van der Waals surface area contributed by atoms with Crippen molar-refractivity contribution in [3.63, 3.8) is 0 Å². The second kappa shape index (κ2) is 10.1. The van der Waals surface area contributed by atoms with E-state index < -0.39 is 40.4 Å². The summed E-state index contributed by atoms with van der Waals surface area (Å²) in [5, 5.41) is 3.08. The first-order chi connectivity index (χ1) is 17.1. The highest BCUT2D eigenvalue weighted by molar-refractivity contribution is 6.30. The Bertz CT molecular complexity index is 1380. The van der Waals surface area contributed by atoms with E-state index in [1.54, 1.807) is 42.5 Å². The van der Waals surface area contributed by atoms with Gasteiger partial charge in [0.2, 0.25) is 0 Å². The number of nitrogens with zero attached hydrogens (tertiary/aromatic N) is 1. The molecular weight excluding hydrogens is 499 g/mol. The maximum Gasteiger partial charge on any atom is 0.419 e. The lowest BCUT2D eigenvalue weighted by atomic mass is 9.80. The number of carbonyl (C=O) groups excluding carboxylic acids is 1. The summed E-state index contributed by atoms with van der Waals surface area (Å²) in [6.07, 6.45) is -3.57. The number of hydrogen-bond acceptors (Lipinski definition) is 2. The van der Waals surface area contributed by atoms with Crippen molar-refractivity contribution in [2.24, 2.45) is 0 Å². The minimum atomic E-state index is -5.00. The normalized spacial score (nSPS) is 13.2. The molecule has 36 heavy (non-hydrogen) atoms. The smallest absolute Gasteiger partial charge is 0.337 e. The minimum Gasteiger partial charge on any atom is -0.337 e. The molecule has 184 valence electrons. The molecule has 1 heterocycles. The zero-order valence-electron chi connectivity index (χ0n) is 18.5. The van der Waals surface area contributed by atoms with E-state index in [0.717, 1.165) is 11.6 Å². The fourth-order valence-electron chi connectivity index (χ4n) is 3.95. The molecule has 4 rings (SSSR count). The number of alkyl halides is 3. The highest BCUT2D eigenvalue weighted by Gasteiger charge is 2.39. The molecule has 0 spiro atoms. The standard InChI is InChI=1S/C27H18ClF5N2O/c28-20-10-12-24(34-16-20)26(15-17-5-2-1-3-6-17,19-7-4-8-21(29)14-19)35-25(36)18-9-11-23(30)22(13-18)27(31,32)33/h1-14,16H,15H2,(H,35,36). The highest BCUT2D eigenvalue weighted by atomic mass is 35.5. The van der Waals surface area contributed by atoms with Crippen LogP contribution in [0.3, 0.4) is 0 Å². The molecule has 1 N–H and O–H groups in total. The molecule has 3 nitrogen and oxygen atoms in total. The van der Waals surface area contributed by atoms with Crippen LogP contribution in [0.25, 0.3) is 0 Å². The first kappa shape index (κ1) is 25.3. The summed E-state index contributed by atoms with van der Waals surface area (Å²) >= 11 is 6.02. The van der Waals surface area contributed by atoms with E-state index in [4.69, 9.17) is 11.6 Å². The minimum absolute atomic E-state index is 0.0744. The van der Waals surface area contributed by atoms with Gasteiger partial charge in [-0.15, -0.1) is 0 Å². The van der Waals surface area contributed by atoms with Crippen molar-refractivity contribution in [3.8, 4) is 0 Å². The van der Waals surface area contributed by atoms with Crippen LogP contribution in [0.15, 0.2) is 91.1 Å². The maximum absolute atomic E-state index is 14.4. The molecule has 1 unspecified atom stereocenters. The summed E-state index contributed by atoms with van der Waals surface area (Å²) < 4.78 is 68.1. The van der Waals surface area contributed by atoms with Gasteiger partial charge in [-0.2, -0.15) is 13.2 Å². The van der Waals surface area contributed by atoms with Gasteiger partial charge in [0.15, 0.2) is 0 Å². The maximum atomic E-state index is 14.4. The fourth-order valence-corrected chi connectivity index (χ4v) is 4.07. The molecule has 3 aromatic carbocycles. The number of amides is 1. The van der Waals surface area contributed by atoms with Crippen LogP contribution in [0.5, 0.6) is 0 Å². The molecule has 0 aliphatic carbocycles. The number of carbonyl (C=O) groups is 1. The number of halogens is 6. The number of hydrogen-bond donors (Lipinski definition) is 1. The van der Waals surface area contributed by atoms with E-state index in [2.05, 4.69) is 10.3 Å². The second-order valence-corrected chi connectivity index (χ2v) is 8.52. The van der Waals surface area contributed by atoms with Gasteiger partial charge >= 0.3 is 6.18 Å². The van der Waals surface area contributed by atoms with Gasteiger partial charge in [-0.05, 0) is 53.6 Å². The second-order valence-electron chi connectivity index (χ2n) is 8.09. The number of rotatable bonds is 6. The number of pyridine rings is 1. The van der Waals surface area contributed by atoms with E-state index in [1.807, 2.05) is 0 Å². The van der Waals surface area contributed by atoms with Crippen molar-refractivity contribution in [2.45, 2.75) is 18.1 Å². The monoisotopic (exact) mass is 516 g/mol. The Morgan fingerprint density at radius 1 is 0.889 bits per heavy atom. The molecule has 0 aliphatic heterocycles. The van der Waals surface area contributed by atoms with Crippen molar-refractivity contribution >= 4 is 17.5 Å². The van der Waals surface area contributed by atoms with E-state index in [0.29, 0.717) is 22.7 Å². The van der Waals surface area contributed by atoms with Crippen LogP contribution in [0, 0.1) is 11.6 Å². The van der Waals surface area contributed by atoms with Crippen LogP contribution in [0.2, 0.25) is 5.02 Å². The van der Waals surface area contributed by atoms with Gasteiger partial charge in [0, 0.05) is 18.2 Å². The van der Waals surface area contributed by atoms with Gasteiger partial charge in [0.25, 0.3) is 5.91 Å². The molecular formula is C27H18ClF5N2O. The van der Waals surface area contributed by atoms with Crippen molar-refractivity contribution in [1.29, 1.82) is 0 Å². The number of nitrogens with one attached hydrogen (secondary N) is 1. The van der Waals surface area contributed by atoms with Gasteiger partial charge < -0.3 is 5.32 Å². The fraction of sp³-hybridized carbons (Fsp3) is 0.111. The Kier molecular flexibility index (Phi) is 7.08. The molecule has 0 saturated carbocycles. The van der Waals surface area contributed by atoms with E-state index in [1.165, 1.54) is 30.5 Å². The summed E-state index contributed by atoms with van der Waals surface area (Å²) in [7, 11) is 0. The third kappa shape index (κ3) is 5.39. The zero-order chi connectivity index (χ0) is 25.9. The number of benzene rings is 3. The van der Waals surface area contributed by atoms with Crippen molar-refractivity contribution in [3.05, 3.63) is 136 Å². The largest absolute Gasteiger partial charge is 0.419 e. The molecule has 0 bridgehead atoms. The van der Waals surface area contributed by atoms with E-state index in [-0.39, 0.29) is 12.1 Å². The van der Waals surface area contributed by atoms with E-state index >= 15 is 0 Å². The predicted octanol–water partition coefficient (Wildman–Crippen LogP) is 6.95. The lowest BCUT2D eigenvalue weighted by Crippen LogP contribution is -2.49. The Morgan fingerprint density at radius 2 is 1.64 bits per heavy atom. The van der Waals surface area contributed by atoms with Gasteiger partial charge in [-0.25, -0.2) is 8.78 Å². The van der Waals surface area contributed by atoms with E-state index in [9.17, 15) is 26.7 Å². The van der Waals surface area contributed by atoms with Crippen LogP contribution in [-0.2, 0) is 18.1 Å². The molecule has 9 heteroatoms. The Morgan fingerprint density at radius 3 is 2.28 bits per heavy atom. The summed E-state index contributed by atoms with van der Waals surface area (Å²) in [5.74, 6) is -3.02. The summed E-state index contributed by atoms with van der Waals surface area (Å²) in [4.78, 5) is 17.8. The summed E-state index contributed by atoms with van der Waals surface area (Å²) in [5.41, 5.74) is -2.21. The van der Waals surface area contributed by atoms with Crippen LogP contribution in [-0.4, -0.2) is 10.9 Å². The van der Waals surface area contributed by atoms with Crippen LogP contribution < -0.4 is 5.32 Å². The average molecular weight is 517 g/mol. The van der Waals surface area contributed by atoms with Gasteiger partial charge in [0.05, 0.1) is 16.3 Å². The van der Waals surface area contributed by atoms with Crippen LogP contribution in [0.1, 0.15) is 32.7 Å². The molecule has 1 amide bonds. The van der Waals surface area contributed by atoms with Gasteiger partial charge in [-0.1, -0.05) is 54.1 Å². The molecule has 0 saturated heterocycles. The first-order valence-electron chi connectivity index (χ1n) is 10.7. The quantitative estimate of drug-likeness (QED) is 0.282. The molecule has 4 aromatic rings. The highest BCUT2D eigenvalue weighted by Crippen LogP contribution is 2.35. The van der Waals surface area contributed by atoms with Crippen molar-refractivity contribution < 1.29 is 26.7 Å². The third-order valence-electron chi connectivity index (χ3n) is 5.66. The average Bonchev–Trinajstić information content (AvgIpc) is 2.84. The summed E-state index contributed by atoms with van der Waals surface area (Å²) in [6.45, 7) is 0. The van der Waals surface area contributed by atoms with Gasteiger partial charge in [0.1, 0.15) is 17.2 Å². The van der Waals surface area contributed by atoms with Crippen molar-refractivity contribution in [1.82, 2.24) is 10.3 Å². The molecule has 0 fully saturated rings. The zero-order valence-corrected chi connectivity index (χ0v) is 19.2. The number of aromatic nitrogens is 1. The predicted molar refractivity (Wildman–Crippen MR) is 125 cm³/mol.